The predicted molar refractivity (Wildman–Crippen MR) is 102 cm³/mol. The zero-order valence-corrected chi connectivity index (χ0v) is 15.6. The second-order valence-corrected chi connectivity index (χ2v) is 6.90. The fraction of sp³-hybridized carbons (Fsp3) is 0.381. The maximum Gasteiger partial charge on any atom is 0.251 e. The highest BCUT2D eigenvalue weighted by Gasteiger charge is 2.19. The molecule has 0 heterocycles. The number of hydrogen-bond donors (Lipinski definition) is 3. The van der Waals surface area contributed by atoms with Gasteiger partial charge in [0.05, 0.1) is 25.4 Å². The Morgan fingerprint density at radius 2 is 1.73 bits per heavy atom. The van der Waals surface area contributed by atoms with Gasteiger partial charge in [-0.15, -0.1) is 0 Å². The van der Waals surface area contributed by atoms with E-state index in [1.54, 1.807) is 26.0 Å². The Morgan fingerprint density at radius 3 is 2.31 bits per heavy atom. The Bertz CT molecular complexity index is 738. The number of ether oxygens (including phenoxy) is 1. The molecule has 0 radical (unpaired) electrons. The quantitative estimate of drug-likeness (QED) is 0.678. The minimum atomic E-state index is -0.667. The van der Waals surface area contributed by atoms with Crippen molar-refractivity contribution in [1.29, 1.82) is 0 Å². The van der Waals surface area contributed by atoms with Crippen molar-refractivity contribution in [3.8, 4) is 16.9 Å². The van der Waals surface area contributed by atoms with Gasteiger partial charge in [-0.05, 0) is 55.7 Å². The maximum absolute atomic E-state index is 12.2. The standard InChI is InChI=1S/C21H27NO4/c1-4-11-26-19-10-9-17(12-18(19)13-23)15-5-7-16(8-6-15)20(25)22-21(2,3)14-24/h5-10,12,23-24H,4,11,13-14H2,1-3H3,(H,22,25). The number of nitrogens with one attached hydrogen (secondary N) is 1. The first-order chi connectivity index (χ1) is 12.4. The maximum atomic E-state index is 12.2. The van der Waals surface area contributed by atoms with Crippen molar-refractivity contribution in [2.75, 3.05) is 13.2 Å². The number of aliphatic hydroxyl groups is 2. The Kier molecular flexibility index (Phi) is 6.77. The predicted octanol–water partition coefficient (Wildman–Crippen LogP) is 3.14. The van der Waals surface area contributed by atoms with Crippen molar-refractivity contribution >= 4 is 5.91 Å². The molecule has 0 aliphatic rings. The smallest absolute Gasteiger partial charge is 0.251 e. The summed E-state index contributed by atoms with van der Waals surface area (Å²) in [5, 5.41) is 21.6. The summed E-state index contributed by atoms with van der Waals surface area (Å²) in [4.78, 5) is 12.2. The van der Waals surface area contributed by atoms with E-state index in [2.05, 4.69) is 5.32 Å². The largest absolute Gasteiger partial charge is 0.493 e. The lowest BCUT2D eigenvalue weighted by Crippen LogP contribution is -2.46. The highest BCUT2D eigenvalue weighted by molar-refractivity contribution is 5.95. The summed E-state index contributed by atoms with van der Waals surface area (Å²) in [6.45, 7) is 5.94. The van der Waals surface area contributed by atoms with Gasteiger partial charge in [0, 0.05) is 11.1 Å². The highest BCUT2D eigenvalue weighted by atomic mass is 16.5. The molecule has 140 valence electrons. The molecule has 5 nitrogen and oxygen atoms in total. The molecule has 0 saturated heterocycles. The van der Waals surface area contributed by atoms with E-state index in [0.29, 0.717) is 17.9 Å². The van der Waals surface area contributed by atoms with Crippen LogP contribution in [0.15, 0.2) is 42.5 Å². The second-order valence-electron chi connectivity index (χ2n) is 6.90. The van der Waals surface area contributed by atoms with E-state index in [9.17, 15) is 15.0 Å². The molecule has 0 aliphatic carbocycles. The Balaban J connectivity index is 2.18. The fourth-order valence-electron chi connectivity index (χ4n) is 2.47. The van der Waals surface area contributed by atoms with E-state index < -0.39 is 5.54 Å². The first-order valence-electron chi connectivity index (χ1n) is 8.80. The lowest BCUT2D eigenvalue weighted by Gasteiger charge is -2.23. The normalized spacial score (nSPS) is 11.3. The minimum absolute atomic E-state index is 0.0936. The minimum Gasteiger partial charge on any atom is -0.493 e. The van der Waals surface area contributed by atoms with Crippen molar-refractivity contribution in [2.24, 2.45) is 0 Å². The van der Waals surface area contributed by atoms with E-state index in [4.69, 9.17) is 4.74 Å². The van der Waals surface area contributed by atoms with Gasteiger partial charge in [0.1, 0.15) is 5.75 Å². The molecule has 0 unspecified atom stereocenters. The van der Waals surface area contributed by atoms with Crippen LogP contribution in [-0.2, 0) is 6.61 Å². The number of hydrogen-bond acceptors (Lipinski definition) is 4. The zero-order chi connectivity index (χ0) is 19.2. The van der Waals surface area contributed by atoms with E-state index in [1.165, 1.54) is 0 Å². The molecule has 26 heavy (non-hydrogen) atoms. The van der Waals surface area contributed by atoms with Crippen molar-refractivity contribution < 1.29 is 19.7 Å². The number of amides is 1. The molecule has 0 fully saturated rings. The van der Waals surface area contributed by atoms with Crippen molar-refractivity contribution in [1.82, 2.24) is 5.32 Å². The molecule has 0 spiro atoms. The first kappa shape index (κ1) is 19.9. The fourth-order valence-corrected chi connectivity index (χ4v) is 2.47. The second kappa shape index (κ2) is 8.83. The highest BCUT2D eigenvalue weighted by Crippen LogP contribution is 2.27. The molecular formula is C21H27NO4. The zero-order valence-electron chi connectivity index (χ0n) is 15.6. The number of carbonyl (C=O) groups is 1. The van der Waals surface area contributed by atoms with Crippen LogP contribution in [0.3, 0.4) is 0 Å². The molecule has 0 atom stereocenters. The van der Waals surface area contributed by atoms with E-state index in [1.807, 2.05) is 37.3 Å². The molecule has 3 N–H and O–H groups in total. The van der Waals surface area contributed by atoms with Gasteiger partial charge in [0.2, 0.25) is 0 Å². The van der Waals surface area contributed by atoms with E-state index in [-0.39, 0.29) is 19.1 Å². The Morgan fingerprint density at radius 1 is 1.08 bits per heavy atom. The molecule has 5 heteroatoms. The SMILES string of the molecule is CCCOc1ccc(-c2ccc(C(=O)NC(C)(C)CO)cc2)cc1CO. The summed E-state index contributed by atoms with van der Waals surface area (Å²) < 4.78 is 5.64. The molecule has 0 saturated carbocycles. The molecule has 1 amide bonds. The van der Waals surface area contributed by atoms with Crippen LogP contribution in [0.25, 0.3) is 11.1 Å². The van der Waals surface area contributed by atoms with Crippen LogP contribution in [0.1, 0.15) is 43.1 Å². The summed E-state index contributed by atoms with van der Waals surface area (Å²) in [7, 11) is 0. The van der Waals surface area contributed by atoms with Gasteiger partial charge in [-0.3, -0.25) is 4.79 Å². The Hall–Kier alpha value is -2.37. The van der Waals surface area contributed by atoms with Crippen LogP contribution in [0.4, 0.5) is 0 Å². The topological polar surface area (TPSA) is 78.8 Å². The van der Waals surface area contributed by atoms with Crippen LogP contribution in [0.2, 0.25) is 0 Å². The molecule has 0 aliphatic heterocycles. The summed E-state index contributed by atoms with van der Waals surface area (Å²) >= 11 is 0. The number of benzene rings is 2. The molecule has 0 aromatic heterocycles. The summed E-state index contributed by atoms with van der Waals surface area (Å²) in [5.74, 6) is 0.468. The molecule has 2 rings (SSSR count). The number of carbonyl (C=O) groups excluding carboxylic acids is 1. The molecule has 0 bridgehead atoms. The van der Waals surface area contributed by atoms with Crippen LogP contribution in [0, 0.1) is 0 Å². The first-order valence-corrected chi connectivity index (χ1v) is 8.80. The lowest BCUT2D eigenvalue weighted by molar-refractivity contribution is 0.0869. The average Bonchev–Trinajstić information content (AvgIpc) is 2.66. The third kappa shape index (κ3) is 5.07. The van der Waals surface area contributed by atoms with Gasteiger partial charge in [-0.2, -0.15) is 0 Å². The van der Waals surface area contributed by atoms with Gasteiger partial charge >= 0.3 is 0 Å². The number of rotatable bonds is 8. The molecular weight excluding hydrogens is 330 g/mol. The monoisotopic (exact) mass is 357 g/mol. The lowest BCUT2D eigenvalue weighted by atomic mass is 10.0. The Labute approximate surface area is 154 Å². The number of aliphatic hydroxyl groups excluding tert-OH is 2. The molecule has 2 aromatic rings. The van der Waals surface area contributed by atoms with Crippen molar-refractivity contribution in [2.45, 2.75) is 39.3 Å². The van der Waals surface area contributed by atoms with Gasteiger partial charge in [-0.1, -0.05) is 25.1 Å². The summed E-state index contributed by atoms with van der Waals surface area (Å²) in [6, 6.07) is 12.9. The van der Waals surface area contributed by atoms with Gasteiger partial charge in [0.15, 0.2) is 0 Å². The van der Waals surface area contributed by atoms with Crippen LogP contribution < -0.4 is 10.1 Å². The summed E-state index contributed by atoms with van der Waals surface area (Å²) in [6.07, 6.45) is 0.906. The van der Waals surface area contributed by atoms with Crippen molar-refractivity contribution in [3.05, 3.63) is 53.6 Å². The van der Waals surface area contributed by atoms with Gasteiger partial charge < -0.3 is 20.3 Å². The summed E-state index contributed by atoms with van der Waals surface area (Å²) in [5.41, 5.74) is 2.49. The average molecular weight is 357 g/mol. The van der Waals surface area contributed by atoms with Crippen molar-refractivity contribution in [3.63, 3.8) is 0 Å². The molecule has 2 aromatic carbocycles. The van der Waals surface area contributed by atoms with Crippen LogP contribution in [-0.4, -0.2) is 34.9 Å². The van der Waals surface area contributed by atoms with E-state index in [0.717, 1.165) is 23.1 Å². The van der Waals surface area contributed by atoms with Crippen LogP contribution >= 0.6 is 0 Å². The third-order valence-electron chi connectivity index (χ3n) is 4.02. The van der Waals surface area contributed by atoms with E-state index >= 15 is 0 Å². The van der Waals surface area contributed by atoms with Gasteiger partial charge in [-0.25, -0.2) is 0 Å². The third-order valence-corrected chi connectivity index (χ3v) is 4.02. The van der Waals surface area contributed by atoms with Gasteiger partial charge in [0.25, 0.3) is 5.91 Å². The van der Waals surface area contributed by atoms with Crippen LogP contribution in [0.5, 0.6) is 5.75 Å².